The summed E-state index contributed by atoms with van der Waals surface area (Å²) in [5.41, 5.74) is 0. The van der Waals surface area contributed by atoms with Gasteiger partial charge in [0.25, 0.3) is 0 Å². The van der Waals surface area contributed by atoms with Crippen molar-refractivity contribution in [1.29, 1.82) is 5.26 Å². The molecule has 0 aliphatic carbocycles. The molecule has 0 atom stereocenters. The van der Waals surface area contributed by atoms with Crippen molar-refractivity contribution in [3.05, 3.63) is 23.6 Å². The lowest BCUT2D eigenvalue weighted by Crippen LogP contribution is -1.59. The van der Waals surface area contributed by atoms with Crippen molar-refractivity contribution in [2.45, 2.75) is 0 Å². The Morgan fingerprint density at radius 2 is 2.50 bits per heavy atom. The molecule has 0 fully saturated rings. The van der Waals surface area contributed by atoms with E-state index in [0.717, 1.165) is 4.91 Å². The molecule has 0 unspecified atom stereocenters. The Kier molecular flexibility index (Phi) is 4.10. The summed E-state index contributed by atoms with van der Waals surface area (Å²) >= 11 is 1.53. The maximum absolute atomic E-state index is 8.02. The zero-order valence-corrected chi connectivity index (χ0v) is 5.53. The average molecular weight is 125 g/mol. The molecular weight excluding hydrogens is 118 g/mol. The Morgan fingerprint density at radius 1 is 1.88 bits per heavy atom. The van der Waals surface area contributed by atoms with Crippen LogP contribution in [0.25, 0.3) is 0 Å². The van der Waals surface area contributed by atoms with Crippen LogP contribution in [0.4, 0.5) is 0 Å². The van der Waals surface area contributed by atoms with Gasteiger partial charge >= 0.3 is 0 Å². The van der Waals surface area contributed by atoms with Gasteiger partial charge in [-0.05, 0) is 12.3 Å². The SMILES string of the molecule is C=C(/C=C/C#N)SC. The molecule has 0 amide bonds. The summed E-state index contributed by atoms with van der Waals surface area (Å²) in [6.45, 7) is 3.64. The van der Waals surface area contributed by atoms with Gasteiger partial charge in [0.2, 0.25) is 0 Å². The summed E-state index contributed by atoms with van der Waals surface area (Å²) in [6, 6.07) is 1.88. The van der Waals surface area contributed by atoms with Crippen LogP contribution < -0.4 is 0 Å². The van der Waals surface area contributed by atoms with E-state index in [1.54, 1.807) is 6.08 Å². The summed E-state index contributed by atoms with van der Waals surface area (Å²) in [5, 5.41) is 8.02. The molecule has 0 saturated carbocycles. The summed E-state index contributed by atoms with van der Waals surface area (Å²) in [7, 11) is 0. The highest BCUT2D eigenvalue weighted by molar-refractivity contribution is 8.02. The number of rotatable bonds is 2. The van der Waals surface area contributed by atoms with E-state index in [1.807, 2.05) is 12.3 Å². The van der Waals surface area contributed by atoms with E-state index in [4.69, 9.17) is 5.26 Å². The fraction of sp³-hybridized carbons (Fsp3) is 0.167. The van der Waals surface area contributed by atoms with E-state index in [0.29, 0.717) is 0 Å². The van der Waals surface area contributed by atoms with Crippen molar-refractivity contribution in [3.63, 3.8) is 0 Å². The smallest absolute Gasteiger partial charge is 0.0912 e. The monoisotopic (exact) mass is 125 g/mol. The lowest BCUT2D eigenvalue weighted by atomic mass is 10.5. The molecule has 2 heteroatoms. The Morgan fingerprint density at radius 3 is 2.88 bits per heavy atom. The van der Waals surface area contributed by atoms with Crippen molar-refractivity contribution in [2.75, 3.05) is 6.26 Å². The number of nitriles is 1. The van der Waals surface area contributed by atoms with Gasteiger partial charge in [-0.25, -0.2) is 0 Å². The largest absolute Gasteiger partial charge is 0.193 e. The van der Waals surface area contributed by atoms with Gasteiger partial charge in [0.1, 0.15) is 0 Å². The quantitative estimate of drug-likeness (QED) is 0.416. The standard InChI is InChI=1S/C6H7NS/c1-6(8-2)4-3-5-7/h3-4H,1H2,2H3/b4-3+. The normalized spacial score (nSPS) is 9.00. The van der Waals surface area contributed by atoms with E-state index >= 15 is 0 Å². The molecule has 0 spiro atoms. The first-order valence-corrected chi connectivity index (χ1v) is 3.32. The topological polar surface area (TPSA) is 23.8 Å². The van der Waals surface area contributed by atoms with Crippen LogP contribution >= 0.6 is 11.8 Å². The van der Waals surface area contributed by atoms with Gasteiger partial charge < -0.3 is 0 Å². The molecule has 0 bridgehead atoms. The van der Waals surface area contributed by atoms with Crippen LogP contribution in [-0.4, -0.2) is 6.26 Å². The van der Waals surface area contributed by atoms with Crippen LogP contribution in [0.5, 0.6) is 0 Å². The number of hydrogen-bond donors (Lipinski definition) is 0. The van der Waals surface area contributed by atoms with Crippen LogP contribution in [0.15, 0.2) is 23.6 Å². The van der Waals surface area contributed by atoms with E-state index in [9.17, 15) is 0 Å². The molecule has 42 valence electrons. The van der Waals surface area contributed by atoms with E-state index < -0.39 is 0 Å². The number of allylic oxidation sites excluding steroid dienone is 2. The van der Waals surface area contributed by atoms with Crippen molar-refractivity contribution in [3.8, 4) is 6.07 Å². The average Bonchev–Trinajstić information content (AvgIpc) is 1.83. The highest BCUT2D eigenvalue weighted by atomic mass is 32.2. The molecule has 0 aromatic carbocycles. The van der Waals surface area contributed by atoms with Gasteiger partial charge in [-0.1, -0.05) is 6.58 Å². The fourth-order valence-corrected chi connectivity index (χ4v) is 0.402. The zero-order valence-electron chi connectivity index (χ0n) is 4.72. The van der Waals surface area contributed by atoms with Crippen LogP contribution in [0, 0.1) is 11.3 Å². The summed E-state index contributed by atoms with van der Waals surface area (Å²) in [6.07, 6.45) is 5.02. The van der Waals surface area contributed by atoms with Gasteiger partial charge in [-0.15, -0.1) is 11.8 Å². The van der Waals surface area contributed by atoms with Gasteiger partial charge in [-0.3, -0.25) is 0 Å². The molecule has 0 aliphatic rings. The third-order valence-electron chi connectivity index (χ3n) is 0.606. The Bertz CT molecular complexity index is 141. The van der Waals surface area contributed by atoms with Crippen molar-refractivity contribution < 1.29 is 0 Å². The summed E-state index contributed by atoms with van der Waals surface area (Å²) in [5.74, 6) is 0. The van der Waals surface area contributed by atoms with Crippen LogP contribution in [0.3, 0.4) is 0 Å². The number of nitrogens with zero attached hydrogens (tertiary/aromatic N) is 1. The zero-order chi connectivity index (χ0) is 6.41. The second-order valence-corrected chi connectivity index (χ2v) is 2.07. The Balaban J connectivity index is 3.57. The molecule has 0 saturated heterocycles. The Labute approximate surface area is 53.7 Å². The summed E-state index contributed by atoms with van der Waals surface area (Å²) < 4.78 is 0. The Hall–Kier alpha value is -0.680. The molecule has 0 aromatic heterocycles. The lowest BCUT2D eigenvalue weighted by Gasteiger charge is -1.84. The van der Waals surface area contributed by atoms with Gasteiger partial charge in [0, 0.05) is 11.0 Å². The highest BCUT2D eigenvalue weighted by Gasteiger charge is 1.77. The molecular formula is C6H7NS. The predicted octanol–water partition coefficient (Wildman–Crippen LogP) is 1.94. The molecule has 0 aliphatic heterocycles. The van der Waals surface area contributed by atoms with Crippen LogP contribution in [0.2, 0.25) is 0 Å². The fourth-order valence-electron chi connectivity index (χ4n) is 0.198. The summed E-state index contributed by atoms with van der Waals surface area (Å²) in [4.78, 5) is 0.909. The minimum Gasteiger partial charge on any atom is -0.193 e. The maximum atomic E-state index is 8.02. The first-order valence-electron chi connectivity index (χ1n) is 2.10. The first kappa shape index (κ1) is 7.32. The van der Waals surface area contributed by atoms with Crippen LogP contribution in [-0.2, 0) is 0 Å². The first-order chi connectivity index (χ1) is 3.81. The highest BCUT2D eigenvalue weighted by Crippen LogP contribution is 2.08. The molecule has 0 aromatic rings. The van der Waals surface area contributed by atoms with E-state index in [2.05, 4.69) is 6.58 Å². The van der Waals surface area contributed by atoms with Crippen molar-refractivity contribution in [2.24, 2.45) is 0 Å². The van der Waals surface area contributed by atoms with Gasteiger partial charge in [0.15, 0.2) is 0 Å². The van der Waals surface area contributed by atoms with Crippen molar-refractivity contribution >= 4 is 11.8 Å². The molecule has 1 nitrogen and oxygen atoms in total. The number of thioether (sulfide) groups is 1. The second kappa shape index (κ2) is 4.48. The van der Waals surface area contributed by atoms with Crippen molar-refractivity contribution in [1.82, 2.24) is 0 Å². The second-order valence-electron chi connectivity index (χ2n) is 1.13. The predicted molar refractivity (Wildman–Crippen MR) is 37.4 cm³/mol. The molecule has 0 rings (SSSR count). The van der Waals surface area contributed by atoms with Crippen LogP contribution in [0.1, 0.15) is 0 Å². The minimum atomic E-state index is 0.909. The third kappa shape index (κ3) is 3.51. The minimum absolute atomic E-state index is 0.909. The molecule has 0 N–H and O–H groups in total. The molecule has 0 radical (unpaired) electrons. The van der Waals surface area contributed by atoms with E-state index in [1.165, 1.54) is 17.8 Å². The van der Waals surface area contributed by atoms with E-state index in [-0.39, 0.29) is 0 Å². The molecule has 8 heavy (non-hydrogen) atoms. The maximum Gasteiger partial charge on any atom is 0.0912 e. The van der Waals surface area contributed by atoms with Gasteiger partial charge in [0.05, 0.1) is 6.07 Å². The molecule has 0 heterocycles. The third-order valence-corrected chi connectivity index (χ3v) is 1.27. The number of hydrogen-bond acceptors (Lipinski definition) is 2. The lowest BCUT2D eigenvalue weighted by molar-refractivity contribution is 1.53. The van der Waals surface area contributed by atoms with Gasteiger partial charge in [-0.2, -0.15) is 5.26 Å².